The minimum Gasteiger partial charge on any atom is -0.497 e. The van der Waals surface area contributed by atoms with Crippen LogP contribution in [0.2, 0.25) is 0 Å². The molecule has 0 radical (unpaired) electrons. The molecular weight excluding hydrogens is 288 g/mol. The van der Waals surface area contributed by atoms with Crippen LogP contribution < -0.4 is 4.74 Å². The maximum atomic E-state index is 11.5. The summed E-state index contributed by atoms with van der Waals surface area (Å²) in [4.78, 5) is 26.7. The molecule has 3 N–H and O–H groups in total. The average Bonchev–Trinajstić information content (AvgIpc) is 2.72. The van der Waals surface area contributed by atoms with Crippen LogP contribution in [0.15, 0.2) is 24.4 Å². The number of aromatic amines is 1. The Balaban J connectivity index is 2.21. The van der Waals surface area contributed by atoms with E-state index >= 15 is 0 Å². The van der Waals surface area contributed by atoms with E-state index in [1.807, 2.05) is 6.07 Å². The lowest BCUT2D eigenvalue weighted by Crippen LogP contribution is -2.25. The SMILES string of the molecule is COc1ccc2c3c([nH]c2c1)C(C(=O)O)=CN(C(=O)O)CC3. The summed E-state index contributed by atoms with van der Waals surface area (Å²) in [5.41, 5.74) is 1.94. The Kier molecular flexibility index (Phi) is 3.25. The summed E-state index contributed by atoms with van der Waals surface area (Å²) in [5.74, 6) is -0.509. The number of nitrogens with zero attached hydrogens (tertiary/aromatic N) is 1. The standard InChI is InChI=1S/C15H14N2O5/c1-22-8-2-3-9-10-4-5-17(15(20)21)7-11(14(18)19)13(10)16-12(9)6-8/h2-3,6-7,16H,4-5H2,1H3,(H,18,19)(H,20,21). The number of H-pyrrole nitrogens is 1. The highest BCUT2D eigenvalue weighted by atomic mass is 16.5. The van der Waals surface area contributed by atoms with Gasteiger partial charge >= 0.3 is 12.1 Å². The maximum Gasteiger partial charge on any atom is 0.411 e. The highest BCUT2D eigenvalue weighted by Crippen LogP contribution is 2.32. The lowest BCUT2D eigenvalue weighted by atomic mass is 10.0. The number of hydrogen-bond donors (Lipinski definition) is 3. The summed E-state index contributed by atoms with van der Waals surface area (Å²) in [6.07, 6.45) is 0.416. The van der Waals surface area contributed by atoms with Gasteiger partial charge in [0.05, 0.1) is 18.4 Å². The molecule has 0 bridgehead atoms. The number of aromatic nitrogens is 1. The highest BCUT2D eigenvalue weighted by Gasteiger charge is 2.26. The number of carboxylic acids is 1. The molecule has 1 aromatic heterocycles. The van der Waals surface area contributed by atoms with Crippen molar-refractivity contribution in [1.29, 1.82) is 0 Å². The minimum atomic E-state index is -1.17. The lowest BCUT2D eigenvalue weighted by molar-refractivity contribution is -0.130. The second kappa shape index (κ2) is 5.10. The van der Waals surface area contributed by atoms with Crippen LogP contribution in [0.3, 0.4) is 0 Å². The number of nitrogens with one attached hydrogen (secondary N) is 1. The number of aliphatic carboxylic acids is 1. The number of benzene rings is 1. The average molecular weight is 302 g/mol. The Morgan fingerprint density at radius 3 is 2.73 bits per heavy atom. The van der Waals surface area contributed by atoms with Crippen LogP contribution in [0.4, 0.5) is 4.79 Å². The van der Waals surface area contributed by atoms with Crippen LogP contribution in [0, 0.1) is 0 Å². The predicted octanol–water partition coefficient (Wildman–Crippen LogP) is 2.14. The van der Waals surface area contributed by atoms with Crippen molar-refractivity contribution in [3.8, 4) is 5.75 Å². The number of methoxy groups -OCH3 is 1. The van der Waals surface area contributed by atoms with Gasteiger partial charge in [-0.05, 0) is 24.1 Å². The fourth-order valence-electron chi connectivity index (χ4n) is 2.68. The lowest BCUT2D eigenvalue weighted by Gasteiger charge is -2.12. The van der Waals surface area contributed by atoms with Gasteiger partial charge in [-0.2, -0.15) is 0 Å². The highest BCUT2D eigenvalue weighted by molar-refractivity contribution is 6.17. The van der Waals surface area contributed by atoms with E-state index < -0.39 is 12.1 Å². The molecule has 1 aliphatic rings. The zero-order chi connectivity index (χ0) is 15.9. The van der Waals surface area contributed by atoms with E-state index in [-0.39, 0.29) is 12.1 Å². The molecule has 114 valence electrons. The van der Waals surface area contributed by atoms with Gasteiger partial charge in [0, 0.05) is 29.7 Å². The van der Waals surface area contributed by atoms with Crippen LogP contribution in [-0.4, -0.2) is 45.8 Å². The molecule has 7 heteroatoms. The second-order valence-electron chi connectivity index (χ2n) is 4.96. The number of fused-ring (bicyclic) bond motifs is 3. The zero-order valence-electron chi connectivity index (χ0n) is 11.8. The molecule has 2 aromatic rings. The largest absolute Gasteiger partial charge is 0.497 e. The van der Waals surface area contributed by atoms with Gasteiger partial charge < -0.3 is 19.9 Å². The fourth-order valence-corrected chi connectivity index (χ4v) is 2.68. The molecule has 3 rings (SSSR count). The summed E-state index contributed by atoms with van der Waals surface area (Å²) in [5, 5.41) is 19.4. The van der Waals surface area contributed by atoms with Gasteiger partial charge in [-0.15, -0.1) is 0 Å². The predicted molar refractivity (Wildman–Crippen MR) is 78.9 cm³/mol. The van der Waals surface area contributed by atoms with Crippen molar-refractivity contribution in [2.24, 2.45) is 0 Å². The van der Waals surface area contributed by atoms with Crippen molar-refractivity contribution in [3.05, 3.63) is 35.7 Å². The molecule has 7 nitrogen and oxygen atoms in total. The number of hydrogen-bond acceptors (Lipinski definition) is 3. The Bertz CT molecular complexity index is 806. The number of carboxylic acid groups (broad SMARTS) is 2. The molecule has 2 heterocycles. The fraction of sp³-hybridized carbons (Fsp3) is 0.200. The molecule has 22 heavy (non-hydrogen) atoms. The first-order valence-electron chi connectivity index (χ1n) is 6.65. The van der Waals surface area contributed by atoms with Crippen LogP contribution in [0.5, 0.6) is 5.75 Å². The quantitative estimate of drug-likeness (QED) is 0.788. The zero-order valence-corrected chi connectivity index (χ0v) is 11.8. The molecule has 1 aliphatic heterocycles. The van der Waals surface area contributed by atoms with E-state index in [1.54, 1.807) is 19.2 Å². The van der Waals surface area contributed by atoms with Gasteiger partial charge in [0.25, 0.3) is 0 Å². The van der Waals surface area contributed by atoms with Crippen molar-refractivity contribution >= 4 is 28.5 Å². The van der Waals surface area contributed by atoms with E-state index in [4.69, 9.17) is 9.84 Å². The Morgan fingerprint density at radius 2 is 2.09 bits per heavy atom. The Labute approximate surface area is 125 Å². The minimum absolute atomic E-state index is 0.0648. The monoisotopic (exact) mass is 302 g/mol. The summed E-state index contributed by atoms with van der Waals surface area (Å²) < 4.78 is 5.16. The van der Waals surface area contributed by atoms with Crippen LogP contribution >= 0.6 is 0 Å². The molecular formula is C15H14N2O5. The molecule has 0 saturated heterocycles. The van der Waals surface area contributed by atoms with E-state index in [2.05, 4.69) is 4.98 Å². The van der Waals surface area contributed by atoms with Gasteiger partial charge in [-0.1, -0.05) is 0 Å². The van der Waals surface area contributed by atoms with Crippen LogP contribution in [0.25, 0.3) is 16.5 Å². The third-order valence-corrected chi connectivity index (χ3v) is 3.75. The van der Waals surface area contributed by atoms with E-state index in [1.165, 1.54) is 0 Å². The first-order valence-corrected chi connectivity index (χ1v) is 6.65. The van der Waals surface area contributed by atoms with E-state index in [0.717, 1.165) is 27.6 Å². The van der Waals surface area contributed by atoms with E-state index in [0.29, 0.717) is 17.9 Å². The second-order valence-corrected chi connectivity index (χ2v) is 4.96. The topological polar surface area (TPSA) is 103 Å². The number of ether oxygens (including phenoxy) is 1. The first-order chi connectivity index (χ1) is 10.5. The third kappa shape index (κ3) is 2.16. The summed E-state index contributed by atoms with van der Waals surface area (Å²) in [6.45, 7) is 0.206. The third-order valence-electron chi connectivity index (χ3n) is 3.75. The molecule has 0 unspecified atom stereocenters. The number of carbonyl (C=O) groups is 2. The Hall–Kier alpha value is -2.96. The van der Waals surface area contributed by atoms with Gasteiger partial charge in [0.15, 0.2) is 0 Å². The van der Waals surface area contributed by atoms with Crippen LogP contribution in [-0.2, 0) is 11.2 Å². The molecule has 0 saturated carbocycles. The van der Waals surface area contributed by atoms with Gasteiger partial charge in [0.2, 0.25) is 0 Å². The van der Waals surface area contributed by atoms with Crippen molar-refractivity contribution in [1.82, 2.24) is 9.88 Å². The van der Waals surface area contributed by atoms with Gasteiger partial charge in [-0.3, -0.25) is 4.90 Å². The van der Waals surface area contributed by atoms with Crippen molar-refractivity contribution in [2.45, 2.75) is 6.42 Å². The molecule has 0 spiro atoms. The van der Waals surface area contributed by atoms with E-state index in [9.17, 15) is 14.7 Å². The van der Waals surface area contributed by atoms with Crippen LogP contribution in [0.1, 0.15) is 11.3 Å². The summed E-state index contributed by atoms with van der Waals surface area (Å²) in [6, 6.07) is 5.43. The van der Waals surface area contributed by atoms with Crippen molar-refractivity contribution in [3.63, 3.8) is 0 Å². The molecule has 0 atom stereocenters. The molecule has 0 aliphatic carbocycles. The van der Waals surface area contributed by atoms with Gasteiger partial charge in [0.1, 0.15) is 5.75 Å². The molecule has 0 fully saturated rings. The van der Waals surface area contributed by atoms with Gasteiger partial charge in [-0.25, -0.2) is 9.59 Å². The molecule has 1 amide bonds. The van der Waals surface area contributed by atoms with Crippen molar-refractivity contribution < 1.29 is 24.5 Å². The Morgan fingerprint density at radius 1 is 1.32 bits per heavy atom. The van der Waals surface area contributed by atoms with Crippen molar-refractivity contribution in [2.75, 3.05) is 13.7 Å². The summed E-state index contributed by atoms with van der Waals surface area (Å²) in [7, 11) is 1.56. The molecule has 1 aromatic carbocycles. The smallest absolute Gasteiger partial charge is 0.411 e. The number of rotatable bonds is 2. The summed E-state index contributed by atoms with van der Waals surface area (Å²) >= 11 is 0. The number of amides is 1. The maximum absolute atomic E-state index is 11.5. The first kappa shape index (κ1) is 14.0. The normalized spacial score (nSPS) is 14.2.